The van der Waals surface area contributed by atoms with Crippen molar-refractivity contribution >= 4 is 38.9 Å². The second-order valence-corrected chi connectivity index (χ2v) is 6.01. The van der Waals surface area contributed by atoms with Gasteiger partial charge in [-0.15, -0.1) is 0 Å². The molecule has 0 aliphatic heterocycles. The SMILES string of the molecule is O=S(=O)(Nc1cccnc1)c1cc(Cl)cc(Cl)c1. The molecule has 7 heteroatoms. The Bertz CT molecular complexity index is 640. The first-order valence-corrected chi connectivity index (χ1v) is 7.10. The number of pyridine rings is 1. The van der Waals surface area contributed by atoms with Gasteiger partial charge in [0.2, 0.25) is 0 Å². The zero-order valence-electron chi connectivity index (χ0n) is 8.97. The van der Waals surface area contributed by atoms with Crippen LogP contribution in [0.15, 0.2) is 47.6 Å². The Morgan fingerprint density at radius 2 is 1.78 bits per heavy atom. The normalized spacial score (nSPS) is 11.2. The summed E-state index contributed by atoms with van der Waals surface area (Å²) in [6.45, 7) is 0. The van der Waals surface area contributed by atoms with Gasteiger partial charge in [0.15, 0.2) is 0 Å². The fourth-order valence-corrected chi connectivity index (χ4v) is 3.09. The van der Waals surface area contributed by atoms with E-state index in [2.05, 4.69) is 9.71 Å². The summed E-state index contributed by atoms with van der Waals surface area (Å²) < 4.78 is 26.5. The Kier molecular flexibility index (Phi) is 3.75. The van der Waals surface area contributed by atoms with Crippen molar-refractivity contribution in [2.45, 2.75) is 4.90 Å². The zero-order chi connectivity index (χ0) is 13.2. The number of nitrogens with zero attached hydrogens (tertiary/aromatic N) is 1. The van der Waals surface area contributed by atoms with Crippen molar-refractivity contribution in [3.8, 4) is 0 Å². The van der Waals surface area contributed by atoms with Crippen LogP contribution in [0.1, 0.15) is 0 Å². The number of sulfonamides is 1. The van der Waals surface area contributed by atoms with Gasteiger partial charge in [0.05, 0.1) is 16.8 Å². The van der Waals surface area contributed by atoms with Gasteiger partial charge in [0.25, 0.3) is 10.0 Å². The van der Waals surface area contributed by atoms with E-state index in [9.17, 15) is 8.42 Å². The molecule has 0 bridgehead atoms. The van der Waals surface area contributed by atoms with E-state index in [4.69, 9.17) is 23.2 Å². The van der Waals surface area contributed by atoms with Crippen LogP contribution >= 0.6 is 23.2 Å². The van der Waals surface area contributed by atoms with Gasteiger partial charge in [-0.1, -0.05) is 23.2 Å². The number of hydrogen-bond donors (Lipinski definition) is 1. The van der Waals surface area contributed by atoms with E-state index in [0.29, 0.717) is 5.69 Å². The van der Waals surface area contributed by atoms with Crippen LogP contribution in [0.3, 0.4) is 0 Å². The molecule has 0 atom stereocenters. The van der Waals surface area contributed by atoms with Gasteiger partial charge in [-0.05, 0) is 30.3 Å². The van der Waals surface area contributed by atoms with Crippen LogP contribution in [0.5, 0.6) is 0 Å². The van der Waals surface area contributed by atoms with Gasteiger partial charge in [-0.3, -0.25) is 9.71 Å². The lowest BCUT2D eigenvalue weighted by atomic mass is 10.4. The first kappa shape index (κ1) is 13.1. The molecular weight excluding hydrogens is 295 g/mol. The Labute approximate surface area is 115 Å². The minimum Gasteiger partial charge on any atom is -0.278 e. The predicted octanol–water partition coefficient (Wildman–Crippen LogP) is 3.19. The molecule has 2 aromatic rings. The van der Waals surface area contributed by atoms with Crippen LogP contribution in [0.25, 0.3) is 0 Å². The highest BCUT2D eigenvalue weighted by atomic mass is 35.5. The fourth-order valence-electron chi connectivity index (χ4n) is 1.32. The van der Waals surface area contributed by atoms with Crippen molar-refractivity contribution in [2.24, 2.45) is 0 Å². The average molecular weight is 303 g/mol. The van der Waals surface area contributed by atoms with E-state index in [1.165, 1.54) is 24.4 Å². The van der Waals surface area contributed by atoms with E-state index in [-0.39, 0.29) is 14.9 Å². The van der Waals surface area contributed by atoms with Gasteiger partial charge in [-0.25, -0.2) is 8.42 Å². The number of hydrogen-bond acceptors (Lipinski definition) is 3. The molecule has 0 fully saturated rings. The van der Waals surface area contributed by atoms with Crippen LogP contribution in [0, 0.1) is 0 Å². The number of nitrogens with one attached hydrogen (secondary N) is 1. The zero-order valence-corrected chi connectivity index (χ0v) is 11.3. The highest BCUT2D eigenvalue weighted by Gasteiger charge is 2.15. The summed E-state index contributed by atoms with van der Waals surface area (Å²) in [5.41, 5.74) is 0.369. The summed E-state index contributed by atoms with van der Waals surface area (Å²) >= 11 is 11.5. The maximum absolute atomic E-state index is 12.0. The fraction of sp³-hybridized carbons (Fsp3) is 0. The molecule has 0 saturated heterocycles. The van der Waals surface area contributed by atoms with Crippen molar-refractivity contribution in [3.63, 3.8) is 0 Å². The Balaban J connectivity index is 2.37. The highest BCUT2D eigenvalue weighted by molar-refractivity contribution is 7.92. The highest BCUT2D eigenvalue weighted by Crippen LogP contribution is 2.23. The molecular formula is C11H8Cl2N2O2S. The smallest absolute Gasteiger partial charge is 0.262 e. The lowest BCUT2D eigenvalue weighted by Gasteiger charge is -2.08. The summed E-state index contributed by atoms with van der Waals surface area (Å²) in [7, 11) is -3.72. The third kappa shape index (κ3) is 3.13. The lowest BCUT2D eigenvalue weighted by Crippen LogP contribution is -2.13. The molecule has 1 aromatic carbocycles. The Morgan fingerprint density at radius 3 is 2.33 bits per heavy atom. The van der Waals surface area contributed by atoms with Crippen molar-refractivity contribution in [3.05, 3.63) is 52.8 Å². The molecule has 2 rings (SSSR count). The van der Waals surface area contributed by atoms with Gasteiger partial charge in [0.1, 0.15) is 0 Å². The van der Waals surface area contributed by atoms with E-state index >= 15 is 0 Å². The van der Waals surface area contributed by atoms with Crippen molar-refractivity contribution in [1.29, 1.82) is 0 Å². The maximum Gasteiger partial charge on any atom is 0.262 e. The van der Waals surface area contributed by atoms with E-state index in [0.717, 1.165) is 0 Å². The molecule has 0 aliphatic rings. The standard InChI is InChI=1S/C11H8Cl2N2O2S/c12-8-4-9(13)6-11(5-8)18(16,17)15-10-2-1-3-14-7-10/h1-7,15H. The van der Waals surface area contributed by atoms with E-state index in [1.807, 2.05) is 0 Å². The summed E-state index contributed by atoms with van der Waals surface area (Å²) in [6, 6.07) is 7.34. The van der Waals surface area contributed by atoms with Crippen LogP contribution in [-0.4, -0.2) is 13.4 Å². The number of anilines is 1. The number of halogens is 2. The number of aromatic nitrogens is 1. The second kappa shape index (κ2) is 5.14. The molecule has 0 amide bonds. The molecule has 1 heterocycles. The van der Waals surface area contributed by atoms with Gasteiger partial charge in [-0.2, -0.15) is 0 Å². The van der Waals surface area contributed by atoms with Crippen molar-refractivity contribution in [1.82, 2.24) is 4.98 Å². The van der Waals surface area contributed by atoms with E-state index < -0.39 is 10.0 Å². The van der Waals surface area contributed by atoms with Gasteiger partial charge < -0.3 is 0 Å². The molecule has 94 valence electrons. The Hall–Kier alpha value is -1.30. The predicted molar refractivity (Wildman–Crippen MR) is 71.5 cm³/mol. The molecule has 1 aromatic heterocycles. The molecule has 4 nitrogen and oxygen atoms in total. The quantitative estimate of drug-likeness (QED) is 0.947. The van der Waals surface area contributed by atoms with Crippen molar-refractivity contribution < 1.29 is 8.42 Å². The number of benzene rings is 1. The van der Waals surface area contributed by atoms with Crippen LogP contribution in [0.2, 0.25) is 10.0 Å². The van der Waals surface area contributed by atoms with Gasteiger partial charge >= 0.3 is 0 Å². The largest absolute Gasteiger partial charge is 0.278 e. The molecule has 0 aliphatic carbocycles. The minimum absolute atomic E-state index is 0.00357. The molecule has 1 N–H and O–H groups in total. The number of rotatable bonds is 3. The summed E-state index contributed by atoms with van der Waals surface area (Å²) in [4.78, 5) is 3.82. The van der Waals surface area contributed by atoms with Gasteiger partial charge in [0, 0.05) is 16.2 Å². The molecule has 18 heavy (non-hydrogen) atoms. The van der Waals surface area contributed by atoms with Crippen LogP contribution < -0.4 is 4.72 Å². The Morgan fingerprint density at radius 1 is 1.11 bits per heavy atom. The summed E-state index contributed by atoms with van der Waals surface area (Å²) in [5, 5.41) is 0.517. The average Bonchev–Trinajstić information content (AvgIpc) is 2.28. The second-order valence-electron chi connectivity index (χ2n) is 3.45. The molecule has 0 unspecified atom stereocenters. The molecule has 0 radical (unpaired) electrons. The van der Waals surface area contributed by atoms with Crippen LogP contribution in [0.4, 0.5) is 5.69 Å². The third-order valence-electron chi connectivity index (χ3n) is 2.06. The molecule has 0 spiro atoms. The van der Waals surface area contributed by atoms with Crippen molar-refractivity contribution in [2.75, 3.05) is 4.72 Å². The first-order chi connectivity index (χ1) is 8.47. The maximum atomic E-state index is 12.0. The topological polar surface area (TPSA) is 59.1 Å². The molecule has 0 saturated carbocycles. The third-order valence-corrected chi connectivity index (χ3v) is 3.86. The summed E-state index contributed by atoms with van der Waals surface area (Å²) in [5.74, 6) is 0. The monoisotopic (exact) mass is 302 g/mol. The summed E-state index contributed by atoms with van der Waals surface area (Å²) in [6.07, 6.45) is 2.96. The first-order valence-electron chi connectivity index (χ1n) is 4.86. The van der Waals surface area contributed by atoms with E-state index in [1.54, 1.807) is 18.3 Å². The minimum atomic E-state index is -3.72. The van der Waals surface area contributed by atoms with Crippen LogP contribution in [-0.2, 0) is 10.0 Å². The lowest BCUT2D eigenvalue weighted by molar-refractivity contribution is 0.601.